The van der Waals surface area contributed by atoms with Gasteiger partial charge in [0.2, 0.25) is 0 Å². The average Bonchev–Trinajstić information content (AvgIpc) is 2.15. The number of aliphatic carboxylic acids is 1. The molecule has 1 unspecified atom stereocenters. The molecule has 0 fully saturated rings. The van der Waals surface area contributed by atoms with Gasteiger partial charge in [0.05, 0.1) is 12.0 Å². The van der Waals surface area contributed by atoms with E-state index in [2.05, 4.69) is 4.74 Å². The number of carboxylic acids is 1. The van der Waals surface area contributed by atoms with Gasteiger partial charge in [-0.1, -0.05) is 12.1 Å². The molecule has 0 spiro atoms. The maximum Gasteiger partial charge on any atom is 0.387 e. The lowest BCUT2D eigenvalue weighted by atomic mass is 9.93. The van der Waals surface area contributed by atoms with Gasteiger partial charge in [0, 0.05) is 0 Å². The molecule has 0 aliphatic rings. The van der Waals surface area contributed by atoms with Crippen molar-refractivity contribution >= 4 is 5.97 Å². The van der Waals surface area contributed by atoms with Gasteiger partial charge in [0.15, 0.2) is 0 Å². The van der Waals surface area contributed by atoms with Crippen LogP contribution in [0.25, 0.3) is 0 Å². The molecule has 0 radical (unpaired) electrons. The number of benzene rings is 1. The Morgan fingerprint density at radius 2 is 1.94 bits per heavy atom. The van der Waals surface area contributed by atoms with Gasteiger partial charge in [-0.15, -0.1) is 0 Å². The van der Waals surface area contributed by atoms with Crippen LogP contribution >= 0.6 is 0 Å². The maximum atomic E-state index is 11.9. The fraction of sp³-hybridized carbons (Fsp3) is 0.364. The highest BCUT2D eigenvalue weighted by Crippen LogP contribution is 2.26. The molecule has 4 nitrogen and oxygen atoms in total. The highest BCUT2D eigenvalue weighted by atomic mass is 19.3. The molecule has 0 aliphatic carbocycles. The summed E-state index contributed by atoms with van der Waals surface area (Å²) in [6.45, 7) is -1.58. The van der Waals surface area contributed by atoms with Crippen LogP contribution in [0.5, 0.6) is 5.75 Å². The molecule has 0 bridgehead atoms. The minimum atomic E-state index is -2.92. The maximum absolute atomic E-state index is 11.9. The Labute approximate surface area is 96.5 Å². The van der Waals surface area contributed by atoms with E-state index in [0.717, 1.165) is 0 Å². The van der Waals surface area contributed by atoms with Crippen LogP contribution in [0.1, 0.15) is 18.9 Å². The highest BCUT2D eigenvalue weighted by Gasteiger charge is 2.26. The summed E-state index contributed by atoms with van der Waals surface area (Å²) in [4.78, 5) is 10.5. The van der Waals surface area contributed by atoms with Crippen molar-refractivity contribution in [1.82, 2.24) is 0 Å². The summed E-state index contributed by atoms with van der Waals surface area (Å²) in [7, 11) is 0. The van der Waals surface area contributed by atoms with E-state index in [1.54, 1.807) is 0 Å². The van der Waals surface area contributed by atoms with Crippen molar-refractivity contribution in [2.24, 2.45) is 0 Å². The number of carbonyl (C=O) groups is 1. The lowest BCUT2D eigenvalue weighted by Crippen LogP contribution is -2.24. The van der Waals surface area contributed by atoms with Crippen molar-refractivity contribution in [3.8, 4) is 5.75 Å². The average molecular weight is 246 g/mol. The Bertz CT molecular complexity index is 387. The monoisotopic (exact) mass is 246 g/mol. The van der Waals surface area contributed by atoms with Gasteiger partial charge in [0.1, 0.15) is 5.75 Å². The first-order chi connectivity index (χ1) is 7.81. The number of ether oxygens (including phenoxy) is 1. The third kappa shape index (κ3) is 3.99. The Morgan fingerprint density at radius 3 is 2.35 bits per heavy atom. The van der Waals surface area contributed by atoms with Crippen molar-refractivity contribution in [2.75, 3.05) is 0 Å². The van der Waals surface area contributed by atoms with Gasteiger partial charge >= 0.3 is 12.6 Å². The molecular formula is C11H12F2O4. The molecule has 0 aliphatic heterocycles. The fourth-order valence-electron chi connectivity index (χ4n) is 1.39. The van der Waals surface area contributed by atoms with E-state index in [9.17, 15) is 18.7 Å². The second-order valence-corrected chi connectivity index (χ2v) is 3.75. The number of aliphatic hydroxyl groups is 1. The second-order valence-electron chi connectivity index (χ2n) is 3.75. The van der Waals surface area contributed by atoms with Crippen molar-refractivity contribution in [3.05, 3.63) is 29.8 Å². The van der Waals surface area contributed by atoms with Crippen LogP contribution < -0.4 is 4.74 Å². The van der Waals surface area contributed by atoms with Crippen LogP contribution in [0.4, 0.5) is 8.78 Å². The SMILES string of the molecule is CC(O)(CC(=O)O)c1ccc(OC(F)F)cc1. The van der Waals surface area contributed by atoms with E-state index >= 15 is 0 Å². The summed E-state index contributed by atoms with van der Waals surface area (Å²) in [5.41, 5.74) is -1.23. The van der Waals surface area contributed by atoms with Gasteiger partial charge in [0.25, 0.3) is 0 Å². The third-order valence-corrected chi connectivity index (χ3v) is 2.20. The zero-order valence-electron chi connectivity index (χ0n) is 9.06. The molecule has 17 heavy (non-hydrogen) atoms. The molecule has 2 N–H and O–H groups in total. The Morgan fingerprint density at radius 1 is 1.41 bits per heavy atom. The van der Waals surface area contributed by atoms with Crippen molar-refractivity contribution < 1.29 is 28.5 Å². The molecule has 1 aromatic rings. The molecule has 6 heteroatoms. The van der Waals surface area contributed by atoms with Gasteiger partial charge < -0.3 is 14.9 Å². The summed E-state index contributed by atoms with van der Waals surface area (Å²) in [5, 5.41) is 18.5. The molecule has 0 heterocycles. The van der Waals surface area contributed by atoms with E-state index in [0.29, 0.717) is 5.56 Å². The van der Waals surface area contributed by atoms with Crippen LogP contribution in [0.2, 0.25) is 0 Å². The molecule has 94 valence electrons. The zero-order chi connectivity index (χ0) is 13.1. The van der Waals surface area contributed by atoms with E-state index in [1.807, 2.05) is 0 Å². The molecule has 0 saturated heterocycles. The quantitative estimate of drug-likeness (QED) is 0.833. The predicted octanol–water partition coefficient (Wildman–Crippen LogP) is 1.97. The first-order valence-electron chi connectivity index (χ1n) is 4.81. The third-order valence-electron chi connectivity index (χ3n) is 2.20. The summed E-state index contributed by atoms with van der Waals surface area (Å²) in [6.07, 6.45) is -0.470. The van der Waals surface area contributed by atoms with E-state index in [4.69, 9.17) is 5.11 Å². The zero-order valence-corrected chi connectivity index (χ0v) is 9.06. The molecular weight excluding hydrogens is 234 g/mol. The predicted molar refractivity (Wildman–Crippen MR) is 54.9 cm³/mol. The lowest BCUT2D eigenvalue weighted by molar-refractivity contribution is -0.142. The van der Waals surface area contributed by atoms with Crippen LogP contribution in [-0.2, 0) is 10.4 Å². The molecule has 1 atom stereocenters. The van der Waals surface area contributed by atoms with Crippen LogP contribution in [0, 0.1) is 0 Å². The van der Waals surface area contributed by atoms with E-state index in [-0.39, 0.29) is 5.75 Å². The summed E-state index contributed by atoms with van der Waals surface area (Å²) in [6, 6.07) is 5.19. The number of rotatable bonds is 5. The summed E-state index contributed by atoms with van der Waals surface area (Å²) >= 11 is 0. The van der Waals surface area contributed by atoms with Gasteiger partial charge in [-0.2, -0.15) is 8.78 Å². The van der Waals surface area contributed by atoms with Crippen molar-refractivity contribution in [2.45, 2.75) is 25.6 Å². The number of halogens is 2. The molecule has 0 aromatic heterocycles. The topological polar surface area (TPSA) is 66.8 Å². The number of hydrogen-bond donors (Lipinski definition) is 2. The molecule has 0 saturated carbocycles. The smallest absolute Gasteiger partial charge is 0.387 e. The first kappa shape index (κ1) is 13.4. The Kier molecular flexibility index (Phi) is 4.01. The van der Waals surface area contributed by atoms with E-state index < -0.39 is 24.6 Å². The molecule has 1 rings (SSSR count). The summed E-state index contributed by atoms with van der Waals surface area (Å²) < 4.78 is 27.9. The van der Waals surface area contributed by atoms with Gasteiger partial charge in [-0.25, -0.2) is 0 Å². The van der Waals surface area contributed by atoms with Gasteiger partial charge in [-0.05, 0) is 24.6 Å². The fourth-order valence-corrected chi connectivity index (χ4v) is 1.39. The lowest BCUT2D eigenvalue weighted by Gasteiger charge is -2.21. The molecule has 0 amide bonds. The van der Waals surface area contributed by atoms with Crippen LogP contribution in [0.15, 0.2) is 24.3 Å². The van der Waals surface area contributed by atoms with Gasteiger partial charge in [-0.3, -0.25) is 4.79 Å². The van der Waals surface area contributed by atoms with Crippen molar-refractivity contribution in [1.29, 1.82) is 0 Å². The summed E-state index contributed by atoms with van der Waals surface area (Å²) in [5.74, 6) is -1.20. The number of alkyl halides is 2. The first-order valence-corrected chi connectivity index (χ1v) is 4.81. The van der Waals surface area contributed by atoms with Crippen LogP contribution in [-0.4, -0.2) is 22.8 Å². The van der Waals surface area contributed by atoms with E-state index in [1.165, 1.54) is 31.2 Å². The Balaban J connectivity index is 2.82. The minimum absolute atomic E-state index is 0.0464. The minimum Gasteiger partial charge on any atom is -0.481 e. The van der Waals surface area contributed by atoms with Crippen molar-refractivity contribution in [3.63, 3.8) is 0 Å². The van der Waals surface area contributed by atoms with Crippen LogP contribution in [0.3, 0.4) is 0 Å². The number of carboxylic acid groups (broad SMARTS) is 1. The number of hydrogen-bond acceptors (Lipinski definition) is 3. The molecule has 1 aromatic carbocycles. The Hall–Kier alpha value is -1.69. The second kappa shape index (κ2) is 5.09. The largest absolute Gasteiger partial charge is 0.481 e. The standard InChI is InChI=1S/C11H12F2O4/c1-11(16,6-9(14)15)7-2-4-8(5-3-7)17-10(12)13/h2-5,10,16H,6H2,1H3,(H,14,15). The highest BCUT2D eigenvalue weighted by molar-refractivity contribution is 5.68. The normalized spacial score (nSPS) is 14.4.